The molecule has 1 aliphatic heterocycles. The van der Waals surface area contributed by atoms with Gasteiger partial charge in [-0.05, 0) is 84.1 Å². The van der Waals surface area contributed by atoms with Crippen molar-refractivity contribution in [3.63, 3.8) is 0 Å². The van der Waals surface area contributed by atoms with Gasteiger partial charge in [-0.3, -0.25) is 9.69 Å². The summed E-state index contributed by atoms with van der Waals surface area (Å²) in [4.78, 5) is 15.9. The molecule has 0 aromatic heterocycles. The highest BCUT2D eigenvalue weighted by atomic mass is 32.2. The molecule has 1 fully saturated rings. The molecule has 3 aromatic carbocycles. The number of ether oxygens (including phenoxy) is 2. The Morgan fingerprint density at radius 2 is 1.55 bits per heavy atom. The Kier molecular flexibility index (Phi) is 7.00. The Hall–Kier alpha value is -3.30. The van der Waals surface area contributed by atoms with Crippen LogP contribution in [0.5, 0.6) is 11.5 Å². The lowest BCUT2D eigenvalue weighted by Gasteiger charge is -2.15. The summed E-state index contributed by atoms with van der Waals surface area (Å²) in [6.07, 6.45) is 1.73. The number of methoxy groups -OCH3 is 2. The van der Waals surface area contributed by atoms with Crippen LogP contribution in [0.1, 0.15) is 5.56 Å². The molecule has 1 aliphatic rings. The zero-order valence-corrected chi connectivity index (χ0v) is 19.3. The molecule has 3 aromatic rings. The Morgan fingerprint density at radius 3 is 2.18 bits per heavy atom. The Labute approximate surface area is 198 Å². The molecule has 33 heavy (non-hydrogen) atoms. The number of hydrogen-bond acceptors (Lipinski definition) is 6. The van der Waals surface area contributed by atoms with Crippen molar-refractivity contribution >= 4 is 46.5 Å². The number of carbonyl (C=O) groups is 1. The predicted molar refractivity (Wildman–Crippen MR) is 129 cm³/mol. The quantitative estimate of drug-likeness (QED) is 0.310. The number of benzene rings is 3. The lowest BCUT2D eigenvalue weighted by molar-refractivity contribution is -0.113. The summed E-state index contributed by atoms with van der Waals surface area (Å²) >= 11 is 2.31. The first-order valence-corrected chi connectivity index (χ1v) is 11.3. The van der Waals surface area contributed by atoms with E-state index in [1.165, 1.54) is 60.2 Å². The Balaban J connectivity index is 1.69. The van der Waals surface area contributed by atoms with Crippen LogP contribution in [0, 0.1) is 11.6 Å². The van der Waals surface area contributed by atoms with E-state index in [0.29, 0.717) is 32.2 Å². The number of amides is 1. The number of nitrogens with zero attached hydrogens (tertiary/aromatic N) is 2. The van der Waals surface area contributed by atoms with E-state index < -0.39 is 5.82 Å². The molecule has 0 spiro atoms. The van der Waals surface area contributed by atoms with Crippen molar-refractivity contribution in [2.24, 2.45) is 4.40 Å². The van der Waals surface area contributed by atoms with E-state index in [1.807, 2.05) is 6.07 Å². The van der Waals surface area contributed by atoms with Crippen molar-refractivity contribution < 1.29 is 23.0 Å². The first-order chi connectivity index (χ1) is 16.0. The number of halogens is 2. The highest BCUT2D eigenvalue weighted by Crippen LogP contribution is 2.38. The second-order valence-electron chi connectivity index (χ2n) is 6.76. The number of carbonyl (C=O) groups excluding carboxylic acids is 1. The van der Waals surface area contributed by atoms with Crippen molar-refractivity contribution in [1.29, 1.82) is 0 Å². The van der Waals surface area contributed by atoms with Gasteiger partial charge in [0.05, 0.1) is 24.8 Å². The molecule has 0 radical (unpaired) electrons. The van der Waals surface area contributed by atoms with Crippen molar-refractivity contribution in [2.75, 3.05) is 19.1 Å². The number of anilines is 1. The minimum Gasteiger partial charge on any atom is -0.493 e. The van der Waals surface area contributed by atoms with Crippen LogP contribution >= 0.6 is 23.7 Å². The third-order valence-electron chi connectivity index (χ3n) is 4.64. The average molecular weight is 485 g/mol. The van der Waals surface area contributed by atoms with Gasteiger partial charge in [0.25, 0.3) is 5.91 Å². The zero-order valence-electron chi connectivity index (χ0n) is 17.6. The third kappa shape index (κ3) is 5.20. The maximum absolute atomic E-state index is 13.5. The summed E-state index contributed by atoms with van der Waals surface area (Å²) in [5, 5.41) is 0.410. The first kappa shape index (κ1) is 22.9. The molecule has 1 saturated heterocycles. The van der Waals surface area contributed by atoms with Gasteiger partial charge in [0, 0.05) is 16.8 Å². The van der Waals surface area contributed by atoms with Crippen molar-refractivity contribution in [3.05, 3.63) is 88.8 Å². The maximum Gasteiger partial charge on any atom is 0.271 e. The molecule has 0 bridgehead atoms. The maximum atomic E-state index is 13.5. The van der Waals surface area contributed by atoms with Gasteiger partial charge in [-0.15, -0.1) is 0 Å². The molecule has 0 atom stereocenters. The lowest BCUT2D eigenvalue weighted by atomic mass is 10.2. The van der Waals surface area contributed by atoms with Crippen molar-refractivity contribution in [3.8, 4) is 11.5 Å². The smallest absolute Gasteiger partial charge is 0.271 e. The van der Waals surface area contributed by atoms with Crippen LogP contribution in [0.15, 0.2) is 80.9 Å². The molecular formula is C24H18F2N2O3S2. The minimum atomic E-state index is -0.404. The van der Waals surface area contributed by atoms with Crippen LogP contribution in [-0.2, 0) is 4.79 Å². The molecule has 0 N–H and O–H groups in total. The van der Waals surface area contributed by atoms with Crippen LogP contribution in [0.3, 0.4) is 0 Å². The number of thioether (sulfide) groups is 1. The van der Waals surface area contributed by atoms with E-state index in [1.54, 1.807) is 37.5 Å². The van der Waals surface area contributed by atoms with Gasteiger partial charge in [0.2, 0.25) is 0 Å². The normalized spacial score (nSPS) is 16.0. The van der Waals surface area contributed by atoms with Crippen molar-refractivity contribution in [1.82, 2.24) is 0 Å². The summed E-state index contributed by atoms with van der Waals surface area (Å²) in [7, 11) is 3.09. The van der Waals surface area contributed by atoms with Crippen LogP contribution in [0.4, 0.5) is 14.5 Å². The second-order valence-corrected chi connectivity index (χ2v) is 8.61. The summed E-state index contributed by atoms with van der Waals surface area (Å²) in [5.74, 6) is 0.0815. The summed E-state index contributed by atoms with van der Waals surface area (Å²) in [5.41, 5.74) is 1.23. The van der Waals surface area contributed by atoms with E-state index in [2.05, 4.69) is 4.40 Å². The topological polar surface area (TPSA) is 51.1 Å². The fourth-order valence-electron chi connectivity index (χ4n) is 3.03. The number of hydrogen-bond donors (Lipinski definition) is 0. The molecule has 0 saturated carbocycles. The van der Waals surface area contributed by atoms with Gasteiger partial charge in [0.15, 0.2) is 16.7 Å². The monoisotopic (exact) mass is 484 g/mol. The largest absolute Gasteiger partial charge is 0.493 e. The Bertz CT molecular complexity index is 1230. The lowest BCUT2D eigenvalue weighted by Crippen LogP contribution is -2.28. The van der Waals surface area contributed by atoms with Crippen LogP contribution in [0.25, 0.3) is 6.08 Å². The van der Waals surface area contributed by atoms with Gasteiger partial charge in [0.1, 0.15) is 11.6 Å². The molecule has 0 aliphatic carbocycles. The molecule has 1 amide bonds. The summed E-state index contributed by atoms with van der Waals surface area (Å²) in [6, 6.07) is 16.8. The van der Waals surface area contributed by atoms with Crippen LogP contribution in [0.2, 0.25) is 0 Å². The van der Waals surface area contributed by atoms with Gasteiger partial charge in [-0.2, -0.15) is 4.40 Å². The first-order valence-electron chi connectivity index (χ1n) is 9.70. The summed E-state index contributed by atoms with van der Waals surface area (Å²) < 4.78 is 41.8. The van der Waals surface area contributed by atoms with Gasteiger partial charge in [-0.25, -0.2) is 8.78 Å². The second kappa shape index (κ2) is 10.1. The molecular weight excluding hydrogens is 466 g/mol. The van der Waals surface area contributed by atoms with E-state index in [-0.39, 0.29) is 11.7 Å². The minimum absolute atomic E-state index is 0.292. The fraction of sp³-hybridized carbons (Fsp3) is 0.0833. The molecule has 5 nitrogen and oxygen atoms in total. The SMILES string of the molecule is COc1ccc(/C=C2\SC(=NSc3ccc(F)cc3)N(c3ccc(F)cc3)C2=O)cc1OC. The molecule has 9 heteroatoms. The molecule has 1 heterocycles. The predicted octanol–water partition coefficient (Wildman–Crippen LogP) is 6.17. The van der Waals surface area contributed by atoms with Gasteiger partial charge in [-0.1, -0.05) is 6.07 Å². The highest BCUT2D eigenvalue weighted by molar-refractivity contribution is 8.20. The van der Waals surface area contributed by atoms with Crippen LogP contribution < -0.4 is 14.4 Å². The molecule has 0 unspecified atom stereocenters. The molecule has 4 rings (SSSR count). The highest BCUT2D eigenvalue weighted by Gasteiger charge is 2.35. The fourth-order valence-corrected chi connectivity index (χ4v) is 4.67. The van der Waals surface area contributed by atoms with Crippen LogP contribution in [-0.4, -0.2) is 25.3 Å². The van der Waals surface area contributed by atoms with Crippen molar-refractivity contribution in [2.45, 2.75) is 4.90 Å². The van der Waals surface area contributed by atoms with E-state index in [9.17, 15) is 13.6 Å². The number of rotatable bonds is 6. The number of amidine groups is 1. The van der Waals surface area contributed by atoms with E-state index in [0.717, 1.165) is 17.5 Å². The van der Waals surface area contributed by atoms with E-state index >= 15 is 0 Å². The Morgan fingerprint density at radius 1 is 0.909 bits per heavy atom. The molecule has 168 valence electrons. The van der Waals surface area contributed by atoms with Gasteiger partial charge < -0.3 is 9.47 Å². The standard InChI is InChI=1S/C24H18F2N2O3S2/c1-30-20-12-3-15(13-21(20)31-2)14-22-23(29)28(18-8-4-16(25)5-9-18)24(32-22)27-33-19-10-6-17(26)7-11-19/h3-14H,1-2H3/b22-14-,27-24?. The average Bonchev–Trinajstić information content (AvgIpc) is 3.14. The summed E-state index contributed by atoms with van der Waals surface area (Å²) in [6.45, 7) is 0. The van der Waals surface area contributed by atoms with Gasteiger partial charge >= 0.3 is 0 Å². The van der Waals surface area contributed by atoms with E-state index in [4.69, 9.17) is 9.47 Å². The zero-order chi connectivity index (χ0) is 23.4. The third-order valence-corrected chi connectivity index (χ3v) is 6.47.